The van der Waals surface area contributed by atoms with Crippen molar-refractivity contribution in [3.8, 4) is 5.88 Å². The molecule has 2 unspecified atom stereocenters. The Balaban J connectivity index is 1.50. The van der Waals surface area contributed by atoms with E-state index in [4.69, 9.17) is 9.47 Å². The molecule has 1 heterocycles. The van der Waals surface area contributed by atoms with E-state index in [1.807, 2.05) is 27.7 Å². The molecule has 34 heavy (non-hydrogen) atoms. The third kappa shape index (κ3) is 5.30. The third-order valence-corrected chi connectivity index (χ3v) is 7.25. The molecule has 2 atom stereocenters. The van der Waals surface area contributed by atoms with Crippen molar-refractivity contribution < 1.29 is 24.2 Å². The van der Waals surface area contributed by atoms with E-state index >= 15 is 0 Å². The number of methoxy groups -OCH3 is 1. The summed E-state index contributed by atoms with van der Waals surface area (Å²) in [7, 11) is 1.47. The van der Waals surface area contributed by atoms with Crippen LogP contribution in [0.4, 0.5) is 0 Å². The molecule has 4 saturated carbocycles. The lowest BCUT2D eigenvalue weighted by molar-refractivity contribution is -0.137. The zero-order chi connectivity index (χ0) is 24.7. The summed E-state index contributed by atoms with van der Waals surface area (Å²) in [6.45, 7) is 7.49. The topological polar surface area (TPSA) is 115 Å². The van der Waals surface area contributed by atoms with Crippen molar-refractivity contribution in [1.29, 1.82) is 0 Å². The van der Waals surface area contributed by atoms with Crippen molar-refractivity contribution >= 4 is 18.0 Å². The molecule has 4 aliphatic rings. The van der Waals surface area contributed by atoms with E-state index in [-0.39, 0.29) is 30.6 Å². The van der Waals surface area contributed by atoms with Gasteiger partial charge in [-0.25, -0.2) is 4.68 Å². The molecule has 0 radical (unpaired) electrons. The second-order valence-electron chi connectivity index (χ2n) is 11.2. The highest BCUT2D eigenvalue weighted by molar-refractivity contribution is 5.96. The fraction of sp³-hybridized carbons (Fsp3) is 0.720. The molecule has 4 aliphatic carbocycles. The number of ether oxygens (including phenoxy) is 2. The van der Waals surface area contributed by atoms with Gasteiger partial charge >= 0.3 is 0 Å². The molecule has 0 spiro atoms. The maximum Gasteiger partial charge on any atom is 0.258 e. The highest BCUT2D eigenvalue weighted by atomic mass is 16.5. The lowest BCUT2D eigenvalue weighted by Crippen LogP contribution is -2.61. The second kappa shape index (κ2) is 9.34. The number of hydrogen-bond donors (Lipinski definition) is 3. The quantitative estimate of drug-likeness (QED) is 0.506. The van der Waals surface area contributed by atoms with E-state index in [0.717, 1.165) is 32.1 Å². The van der Waals surface area contributed by atoms with E-state index in [9.17, 15) is 14.7 Å². The van der Waals surface area contributed by atoms with Crippen molar-refractivity contribution in [3.63, 3.8) is 0 Å². The van der Waals surface area contributed by atoms with Crippen LogP contribution in [-0.2, 0) is 9.53 Å². The molecule has 4 fully saturated rings. The van der Waals surface area contributed by atoms with E-state index in [0.29, 0.717) is 29.2 Å². The van der Waals surface area contributed by atoms with E-state index in [1.54, 1.807) is 12.3 Å². The van der Waals surface area contributed by atoms with Crippen molar-refractivity contribution in [2.45, 2.75) is 83.1 Å². The van der Waals surface area contributed by atoms with Gasteiger partial charge in [0, 0.05) is 19.4 Å². The minimum atomic E-state index is -0.653. The van der Waals surface area contributed by atoms with Gasteiger partial charge in [-0.1, -0.05) is 0 Å². The first-order valence-corrected chi connectivity index (χ1v) is 12.3. The number of aliphatic hydroxyl groups is 1. The Kier molecular flexibility index (Phi) is 6.79. The van der Waals surface area contributed by atoms with Crippen molar-refractivity contribution in [2.75, 3.05) is 13.7 Å². The minimum absolute atomic E-state index is 0.0215. The Morgan fingerprint density at radius 2 is 1.97 bits per heavy atom. The number of nitrogens with zero attached hydrogens (tertiary/aromatic N) is 2. The average Bonchev–Trinajstić information content (AvgIpc) is 3.09. The van der Waals surface area contributed by atoms with Crippen LogP contribution in [0.3, 0.4) is 0 Å². The summed E-state index contributed by atoms with van der Waals surface area (Å²) in [4.78, 5) is 25.3. The van der Waals surface area contributed by atoms with Gasteiger partial charge in [0.1, 0.15) is 12.2 Å². The van der Waals surface area contributed by atoms with Gasteiger partial charge in [-0.3, -0.25) is 9.59 Å². The fourth-order valence-electron chi connectivity index (χ4n) is 6.22. The van der Waals surface area contributed by atoms with Crippen molar-refractivity contribution in [2.24, 2.45) is 17.8 Å². The number of nitrogens with one attached hydrogen (secondary N) is 2. The van der Waals surface area contributed by atoms with Crippen LogP contribution in [0.2, 0.25) is 0 Å². The lowest BCUT2D eigenvalue weighted by Gasteiger charge is -2.58. The van der Waals surface area contributed by atoms with Crippen molar-refractivity contribution in [3.05, 3.63) is 17.8 Å². The molecule has 9 heteroatoms. The maximum absolute atomic E-state index is 13.3. The predicted molar refractivity (Wildman–Crippen MR) is 127 cm³/mol. The highest BCUT2D eigenvalue weighted by Gasteiger charge is 2.55. The molecule has 188 valence electrons. The highest BCUT2D eigenvalue weighted by Crippen LogP contribution is 2.55. The second-order valence-corrected chi connectivity index (χ2v) is 11.2. The molecule has 3 N–H and O–H groups in total. The van der Waals surface area contributed by atoms with E-state index in [2.05, 4.69) is 15.7 Å². The smallest absolute Gasteiger partial charge is 0.258 e. The molecule has 1 aromatic rings. The Morgan fingerprint density at radius 1 is 1.29 bits per heavy atom. The number of amides is 2. The van der Waals surface area contributed by atoms with Crippen LogP contribution in [-0.4, -0.2) is 63.7 Å². The van der Waals surface area contributed by atoms with Gasteiger partial charge in [0.2, 0.25) is 11.8 Å². The van der Waals surface area contributed by atoms with Crippen LogP contribution < -0.4 is 15.4 Å². The van der Waals surface area contributed by atoms with Crippen molar-refractivity contribution in [1.82, 2.24) is 20.4 Å². The average molecular weight is 475 g/mol. The maximum atomic E-state index is 13.3. The number of carbonyl (C=O) groups is 2. The summed E-state index contributed by atoms with van der Waals surface area (Å²) in [5, 5.41) is 21.3. The van der Waals surface area contributed by atoms with Gasteiger partial charge in [0.15, 0.2) is 0 Å². The van der Waals surface area contributed by atoms with Gasteiger partial charge in [-0.15, -0.1) is 0 Å². The molecule has 9 nitrogen and oxygen atoms in total. The number of aromatic nitrogens is 2. The Labute approximate surface area is 201 Å². The Bertz CT molecular complexity index is 937. The number of hydrogen-bond acceptors (Lipinski definition) is 6. The fourth-order valence-corrected chi connectivity index (χ4v) is 6.22. The molecule has 5 rings (SSSR count). The monoisotopic (exact) mass is 474 g/mol. The van der Waals surface area contributed by atoms with E-state index < -0.39 is 11.1 Å². The summed E-state index contributed by atoms with van der Waals surface area (Å²) in [5.41, 5.74) is -0.808. The minimum Gasteiger partial charge on any atom is -0.474 e. The predicted octanol–water partition coefficient (Wildman–Crippen LogP) is 2.35. The molecular formula is C25H38N4O5. The first-order valence-electron chi connectivity index (χ1n) is 12.3. The summed E-state index contributed by atoms with van der Waals surface area (Å²) < 4.78 is 12.4. The standard InChI is InChI=1S/C25H38N4O5/c1-15(2)34-23-19(13-26-29(23)7-6-24(3,4)28-20(30)14-33-5)22(31)27-21-17-8-16-9-18(21)12-25(32,10-16)11-17/h6-7,13,15-18,21,32H,8-12,14H2,1-5H3,(H,27,31)(H,28,30)/b7-6+. The Hall–Kier alpha value is -2.39. The number of carbonyl (C=O) groups excluding carboxylic acids is 2. The van der Waals surface area contributed by atoms with Crippen LogP contribution >= 0.6 is 0 Å². The Morgan fingerprint density at radius 3 is 2.56 bits per heavy atom. The first-order chi connectivity index (χ1) is 16.0. The van der Waals surface area contributed by atoms with Crippen LogP contribution in [0, 0.1) is 17.8 Å². The summed E-state index contributed by atoms with van der Waals surface area (Å²) in [6.07, 6.45) is 9.46. The summed E-state index contributed by atoms with van der Waals surface area (Å²) >= 11 is 0. The largest absolute Gasteiger partial charge is 0.474 e. The molecule has 4 bridgehead atoms. The third-order valence-electron chi connectivity index (χ3n) is 7.25. The van der Waals surface area contributed by atoms with Gasteiger partial charge in [0.25, 0.3) is 5.91 Å². The normalized spacial score (nSPS) is 30.2. The summed E-state index contributed by atoms with van der Waals surface area (Å²) in [6, 6.07) is 0.0741. The van der Waals surface area contributed by atoms with Gasteiger partial charge in [-0.2, -0.15) is 5.10 Å². The molecule has 0 aromatic carbocycles. The SMILES string of the molecule is COCC(=O)NC(C)(C)/C=C/n1ncc(C(=O)NC2C3CC4CC2CC(O)(C4)C3)c1OC(C)C. The van der Waals surface area contributed by atoms with Gasteiger partial charge in [-0.05, 0) is 83.6 Å². The first kappa shape index (κ1) is 24.7. The molecule has 1 aromatic heterocycles. The zero-order valence-corrected chi connectivity index (χ0v) is 20.8. The van der Waals surface area contributed by atoms with Crippen LogP contribution in [0.25, 0.3) is 6.20 Å². The van der Waals surface area contributed by atoms with Gasteiger partial charge in [0.05, 0.1) is 23.4 Å². The molecule has 2 amide bonds. The summed E-state index contributed by atoms with van der Waals surface area (Å²) in [5.74, 6) is 1.16. The zero-order valence-electron chi connectivity index (χ0n) is 20.8. The van der Waals surface area contributed by atoms with Gasteiger partial charge < -0.3 is 25.2 Å². The van der Waals surface area contributed by atoms with Crippen LogP contribution in [0.5, 0.6) is 5.88 Å². The molecule has 0 saturated heterocycles. The van der Waals surface area contributed by atoms with Crippen LogP contribution in [0.1, 0.15) is 70.2 Å². The van der Waals surface area contributed by atoms with Crippen LogP contribution in [0.15, 0.2) is 12.3 Å². The molecule has 0 aliphatic heterocycles. The number of rotatable bonds is 9. The lowest BCUT2D eigenvalue weighted by atomic mass is 9.52. The van der Waals surface area contributed by atoms with E-state index in [1.165, 1.54) is 18.0 Å². The molecular weight excluding hydrogens is 436 g/mol.